The number of carboxylic acids is 1. The van der Waals surface area contributed by atoms with Crippen molar-refractivity contribution in [1.29, 1.82) is 0 Å². The normalized spacial score (nSPS) is 10.7. The van der Waals surface area contributed by atoms with E-state index >= 15 is 0 Å². The molecule has 0 radical (unpaired) electrons. The molecule has 0 bridgehead atoms. The topological polar surface area (TPSA) is 76.7 Å². The van der Waals surface area contributed by atoms with Gasteiger partial charge in [0.15, 0.2) is 0 Å². The van der Waals surface area contributed by atoms with Crippen LogP contribution in [0.2, 0.25) is 5.02 Å². The molecule has 3 aromatic rings. The van der Waals surface area contributed by atoms with Crippen molar-refractivity contribution in [1.82, 2.24) is 0 Å². The second kappa shape index (κ2) is 5.78. The molecule has 0 spiro atoms. The third kappa shape index (κ3) is 2.66. The highest BCUT2D eigenvalue weighted by Crippen LogP contribution is 2.34. The number of methoxy groups -OCH3 is 1. The maximum atomic E-state index is 12.2. The monoisotopic (exact) mass is 330 g/mol. The largest absolute Gasteiger partial charge is 0.496 e. The molecule has 0 aliphatic rings. The summed E-state index contributed by atoms with van der Waals surface area (Å²) in [6, 6.07) is 11.4. The van der Waals surface area contributed by atoms with Crippen LogP contribution in [0.5, 0.6) is 5.75 Å². The zero-order valence-corrected chi connectivity index (χ0v) is 12.8. The van der Waals surface area contributed by atoms with Crippen molar-refractivity contribution in [2.24, 2.45) is 0 Å². The molecule has 23 heavy (non-hydrogen) atoms. The lowest BCUT2D eigenvalue weighted by atomic mass is 10.0. The number of hydrogen-bond donors (Lipinski definition) is 1. The fraction of sp³-hybridized carbons (Fsp3) is 0.0588. The number of carbonyl (C=O) groups is 1. The van der Waals surface area contributed by atoms with E-state index in [9.17, 15) is 9.59 Å². The van der Waals surface area contributed by atoms with E-state index in [0.717, 1.165) is 5.39 Å². The van der Waals surface area contributed by atoms with Crippen molar-refractivity contribution >= 4 is 28.5 Å². The number of carboxylic acid groups (broad SMARTS) is 1. The molecule has 0 aliphatic carbocycles. The van der Waals surface area contributed by atoms with Gasteiger partial charge in [0.25, 0.3) is 0 Å². The van der Waals surface area contributed by atoms with E-state index in [1.165, 1.54) is 19.2 Å². The quantitative estimate of drug-likeness (QED) is 0.739. The molecule has 0 atom stereocenters. The number of aromatic carboxylic acids is 1. The van der Waals surface area contributed by atoms with E-state index in [2.05, 4.69) is 0 Å². The van der Waals surface area contributed by atoms with Gasteiger partial charge in [-0.05, 0) is 24.3 Å². The fourth-order valence-electron chi connectivity index (χ4n) is 2.35. The molecule has 0 saturated carbocycles. The number of ether oxygens (including phenoxy) is 1. The van der Waals surface area contributed by atoms with Crippen LogP contribution in [-0.2, 0) is 0 Å². The summed E-state index contributed by atoms with van der Waals surface area (Å²) in [4.78, 5) is 23.4. The van der Waals surface area contributed by atoms with E-state index in [0.29, 0.717) is 11.1 Å². The molecule has 0 unspecified atom stereocenters. The summed E-state index contributed by atoms with van der Waals surface area (Å²) in [5.41, 5.74) is 0.422. The SMILES string of the molecule is COc1cc(-c2cc3ccccc3oc2=O)c(Cl)cc1C(=O)O. The Bertz CT molecular complexity index is 974. The zero-order chi connectivity index (χ0) is 16.6. The maximum Gasteiger partial charge on any atom is 0.344 e. The summed E-state index contributed by atoms with van der Waals surface area (Å²) < 4.78 is 10.4. The van der Waals surface area contributed by atoms with Crippen molar-refractivity contribution < 1.29 is 19.1 Å². The fourth-order valence-corrected chi connectivity index (χ4v) is 2.61. The Hall–Kier alpha value is -2.79. The van der Waals surface area contributed by atoms with Crippen LogP contribution in [-0.4, -0.2) is 18.2 Å². The molecular weight excluding hydrogens is 320 g/mol. The highest BCUT2D eigenvalue weighted by molar-refractivity contribution is 6.33. The predicted octanol–water partition coefficient (Wildman–Crippen LogP) is 3.82. The molecule has 0 saturated heterocycles. The summed E-state index contributed by atoms with van der Waals surface area (Å²) >= 11 is 6.16. The van der Waals surface area contributed by atoms with Gasteiger partial charge in [0.2, 0.25) is 0 Å². The van der Waals surface area contributed by atoms with Gasteiger partial charge in [0, 0.05) is 16.0 Å². The molecule has 6 heteroatoms. The van der Waals surface area contributed by atoms with Crippen LogP contribution in [0.4, 0.5) is 0 Å². The average molecular weight is 331 g/mol. The maximum absolute atomic E-state index is 12.2. The molecule has 1 aromatic heterocycles. The molecular formula is C17H11ClO5. The summed E-state index contributed by atoms with van der Waals surface area (Å²) in [6.07, 6.45) is 0. The number of halogens is 1. The van der Waals surface area contributed by atoms with E-state index in [1.54, 1.807) is 24.3 Å². The van der Waals surface area contributed by atoms with Crippen LogP contribution in [0.1, 0.15) is 10.4 Å². The first kappa shape index (κ1) is 15.1. The lowest BCUT2D eigenvalue weighted by Crippen LogP contribution is -2.05. The molecule has 116 valence electrons. The Kier molecular flexibility index (Phi) is 3.80. The van der Waals surface area contributed by atoms with E-state index in [1.807, 2.05) is 6.07 Å². The van der Waals surface area contributed by atoms with Crippen molar-refractivity contribution in [2.45, 2.75) is 0 Å². The van der Waals surface area contributed by atoms with Gasteiger partial charge in [-0.25, -0.2) is 9.59 Å². The van der Waals surface area contributed by atoms with Crippen LogP contribution >= 0.6 is 11.6 Å². The highest BCUT2D eigenvalue weighted by atomic mass is 35.5. The summed E-state index contributed by atoms with van der Waals surface area (Å²) in [5.74, 6) is -1.05. The molecule has 3 rings (SSSR count). The Morgan fingerprint density at radius 3 is 2.61 bits per heavy atom. The Morgan fingerprint density at radius 2 is 1.91 bits per heavy atom. The lowest BCUT2D eigenvalue weighted by molar-refractivity contribution is 0.0693. The van der Waals surface area contributed by atoms with Crippen LogP contribution in [0.15, 0.2) is 51.7 Å². The molecule has 1 N–H and O–H groups in total. The van der Waals surface area contributed by atoms with Crippen LogP contribution in [0.25, 0.3) is 22.1 Å². The van der Waals surface area contributed by atoms with E-state index in [-0.39, 0.29) is 21.9 Å². The first-order valence-corrected chi connectivity index (χ1v) is 7.03. The van der Waals surface area contributed by atoms with Gasteiger partial charge in [0.05, 0.1) is 12.7 Å². The van der Waals surface area contributed by atoms with Crippen LogP contribution in [0.3, 0.4) is 0 Å². The van der Waals surface area contributed by atoms with Gasteiger partial charge in [-0.3, -0.25) is 0 Å². The molecule has 0 aliphatic heterocycles. The minimum Gasteiger partial charge on any atom is -0.496 e. The summed E-state index contributed by atoms with van der Waals surface area (Å²) in [7, 11) is 1.35. The Balaban J connectivity index is 2.28. The minimum absolute atomic E-state index is 0.0774. The molecule has 0 fully saturated rings. The smallest absolute Gasteiger partial charge is 0.344 e. The van der Waals surface area contributed by atoms with Crippen LogP contribution < -0.4 is 10.4 Å². The molecule has 5 nitrogen and oxygen atoms in total. The van der Waals surface area contributed by atoms with Gasteiger partial charge in [-0.15, -0.1) is 0 Å². The Labute approximate surface area is 135 Å². The second-order valence-electron chi connectivity index (χ2n) is 4.82. The van der Waals surface area contributed by atoms with Gasteiger partial charge >= 0.3 is 11.6 Å². The number of para-hydroxylation sites is 1. The van der Waals surface area contributed by atoms with Crippen molar-refractivity contribution in [3.05, 3.63) is 63.5 Å². The standard InChI is InChI=1S/C17H11ClO5/c1-22-15-8-10(13(18)7-12(15)16(19)20)11-6-9-4-2-3-5-14(9)23-17(11)21/h2-8H,1H3,(H,19,20). The van der Waals surface area contributed by atoms with E-state index in [4.69, 9.17) is 25.9 Å². The summed E-state index contributed by atoms with van der Waals surface area (Å²) in [6.45, 7) is 0. The number of hydrogen-bond acceptors (Lipinski definition) is 4. The minimum atomic E-state index is -1.17. The zero-order valence-electron chi connectivity index (χ0n) is 12.0. The third-order valence-electron chi connectivity index (χ3n) is 3.45. The first-order chi connectivity index (χ1) is 11.0. The van der Waals surface area contributed by atoms with Crippen molar-refractivity contribution in [3.8, 4) is 16.9 Å². The van der Waals surface area contributed by atoms with Gasteiger partial charge in [-0.1, -0.05) is 29.8 Å². The lowest BCUT2D eigenvalue weighted by Gasteiger charge is -2.10. The van der Waals surface area contributed by atoms with Crippen LogP contribution in [0, 0.1) is 0 Å². The summed E-state index contributed by atoms with van der Waals surface area (Å²) in [5, 5.41) is 10.0. The molecule has 2 aromatic carbocycles. The number of rotatable bonds is 3. The molecule has 1 heterocycles. The molecule has 0 amide bonds. The average Bonchev–Trinajstić information content (AvgIpc) is 2.54. The van der Waals surface area contributed by atoms with Gasteiger partial charge in [0.1, 0.15) is 16.9 Å². The van der Waals surface area contributed by atoms with Gasteiger partial charge < -0.3 is 14.3 Å². The number of fused-ring (bicyclic) bond motifs is 1. The second-order valence-corrected chi connectivity index (χ2v) is 5.23. The van der Waals surface area contributed by atoms with Gasteiger partial charge in [-0.2, -0.15) is 0 Å². The van der Waals surface area contributed by atoms with Crippen molar-refractivity contribution in [3.63, 3.8) is 0 Å². The van der Waals surface area contributed by atoms with Crippen molar-refractivity contribution in [2.75, 3.05) is 7.11 Å². The number of benzene rings is 2. The van der Waals surface area contributed by atoms with E-state index < -0.39 is 11.6 Å². The first-order valence-electron chi connectivity index (χ1n) is 6.65. The highest BCUT2D eigenvalue weighted by Gasteiger charge is 2.18. The predicted molar refractivity (Wildman–Crippen MR) is 86.4 cm³/mol. The third-order valence-corrected chi connectivity index (χ3v) is 3.76. The Morgan fingerprint density at radius 1 is 1.17 bits per heavy atom.